The van der Waals surface area contributed by atoms with Crippen LogP contribution in [0.2, 0.25) is 0 Å². The van der Waals surface area contributed by atoms with Gasteiger partial charge in [-0.05, 0) is 58.4 Å². The summed E-state index contributed by atoms with van der Waals surface area (Å²) in [5, 5.41) is 8.93. The molecule has 25 heavy (non-hydrogen) atoms. The molecule has 6 nitrogen and oxygen atoms in total. The van der Waals surface area contributed by atoms with Crippen LogP contribution in [-0.2, 0) is 4.74 Å². The number of anilines is 1. The molecule has 0 fully saturated rings. The van der Waals surface area contributed by atoms with Crippen LogP contribution in [0, 0.1) is 13.8 Å². The molecule has 134 valence electrons. The molecule has 0 spiro atoms. The van der Waals surface area contributed by atoms with Gasteiger partial charge in [0.05, 0.1) is 18.0 Å². The lowest BCUT2D eigenvalue weighted by Crippen LogP contribution is -2.21. The lowest BCUT2D eigenvalue weighted by Gasteiger charge is -2.21. The van der Waals surface area contributed by atoms with Gasteiger partial charge < -0.3 is 9.64 Å². The van der Waals surface area contributed by atoms with Gasteiger partial charge in [-0.3, -0.25) is 0 Å². The highest BCUT2D eigenvalue weighted by Gasteiger charge is 2.16. The number of nitrogens with zero attached hydrogens (tertiary/aromatic N) is 4. The van der Waals surface area contributed by atoms with Crippen LogP contribution < -0.4 is 4.90 Å². The summed E-state index contributed by atoms with van der Waals surface area (Å²) in [5.74, 6) is -0.362. The van der Waals surface area contributed by atoms with Crippen molar-refractivity contribution in [3.63, 3.8) is 0 Å². The van der Waals surface area contributed by atoms with Gasteiger partial charge in [0.25, 0.3) is 0 Å². The van der Waals surface area contributed by atoms with Crippen LogP contribution in [0.25, 0.3) is 0 Å². The summed E-state index contributed by atoms with van der Waals surface area (Å²) in [6.07, 6.45) is 0. The van der Waals surface area contributed by atoms with Crippen LogP contribution >= 0.6 is 11.3 Å². The number of esters is 1. The molecule has 2 aromatic rings. The average Bonchev–Trinajstić information content (AvgIpc) is 2.96. The Morgan fingerprint density at radius 1 is 1.20 bits per heavy atom. The quantitative estimate of drug-likeness (QED) is 0.503. The van der Waals surface area contributed by atoms with Crippen molar-refractivity contribution in [1.82, 2.24) is 4.98 Å². The van der Waals surface area contributed by atoms with Gasteiger partial charge in [0, 0.05) is 18.8 Å². The molecule has 2 rings (SSSR count). The Morgan fingerprint density at radius 2 is 1.92 bits per heavy atom. The van der Waals surface area contributed by atoms with Gasteiger partial charge in [-0.25, -0.2) is 9.78 Å². The fourth-order valence-electron chi connectivity index (χ4n) is 2.44. The summed E-state index contributed by atoms with van der Waals surface area (Å²) >= 11 is 1.19. The lowest BCUT2D eigenvalue weighted by atomic mass is 10.1. The normalized spacial score (nSPS) is 11.1. The first-order chi connectivity index (χ1) is 12.0. The maximum absolute atomic E-state index is 11.8. The molecule has 0 atom stereocenters. The highest BCUT2D eigenvalue weighted by atomic mass is 32.1. The fraction of sp³-hybridized carbons (Fsp3) is 0.444. The molecule has 0 bridgehead atoms. The number of hydrogen-bond donors (Lipinski definition) is 0. The SMILES string of the molecule is CCOC(=O)c1sc(N=Nc2ccc(N(CC)CC)cc2C)nc1C. The monoisotopic (exact) mass is 360 g/mol. The molecule has 0 saturated carbocycles. The average molecular weight is 360 g/mol. The number of aryl methyl sites for hydroxylation is 2. The van der Waals surface area contributed by atoms with Gasteiger partial charge in [0.15, 0.2) is 0 Å². The second-order valence-electron chi connectivity index (χ2n) is 5.47. The molecule has 0 N–H and O–H groups in total. The number of azo groups is 1. The molecule has 0 radical (unpaired) electrons. The van der Waals surface area contributed by atoms with E-state index in [0.717, 1.165) is 24.3 Å². The molecule has 0 amide bonds. The molecule has 0 unspecified atom stereocenters. The molecule has 1 aromatic heterocycles. The van der Waals surface area contributed by atoms with Crippen LogP contribution in [-0.4, -0.2) is 30.6 Å². The van der Waals surface area contributed by atoms with Crippen LogP contribution in [0.15, 0.2) is 28.4 Å². The zero-order valence-electron chi connectivity index (χ0n) is 15.4. The first-order valence-corrected chi connectivity index (χ1v) is 9.23. The highest BCUT2D eigenvalue weighted by molar-refractivity contribution is 7.17. The number of thiazole rings is 1. The Hall–Kier alpha value is -2.28. The zero-order chi connectivity index (χ0) is 18.4. The number of carbonyl (C=O) groups excluding carboxylic acids is 1. The van der Waals surface area contributed by atoms with Gasteiger partial charge in [-0.1, -0.05) is 11.3 Å². The molecule has 0 aliphatic rings. The van der Waals surface area contributed by atoms with Crippen LogP contribution in [0.3, 0.4) is 0 Å². The molecule has 1 aromatic carbocycles. The Balaban J connectivity index is 2.19. The van der Waals surface area contributed by atoms with Crippen molar-refractivity contribution >= 4 is 33.8 Å². The second-order valence-corrected chi connectivity index (χ2v) is 6.45. The zero-order valence-corrected chi connectivity index (χ0v) is 16.2. The van der Waals surface area contributed by atoms with Crippen molar-refractivity contribution in [3.05, 3.63) is 34.3 Å². The molecule has 0 aliphatic heterocycles. The summed E-state index contributed by atoms with van der Waals surface area (Å²) < 4.78 is 5.02. The van der Waals surface area contributed by atoms with E-state index in [2.05, 4.69) is 40.0 Å². The van der Waals surface area contributed by atoms with E-state index in [1.54, 1.807) is 13.8 Å². The topological polar surface area (TPSA) is 67.2 Å². The summed E-state index contributed by atoms with van der Waals surface area (Å²) in [6.45, 7) is 12.1. The van der Waals surface area contributed by atoms with Gasteiger partial charge in [-0.15, -0.1) is 10.2 Å². The number of ether oxygens (including phenoxy) is 1. The lowest BCUT2D eigenvalue weighted by molar-refractivity contribution is 0.0531. The minimum Gasteiger partial charge on any atom is -0.462 e. The van der Waals surface area contributed by atoms with Crippen molar-refractivity contribution in [2.24, 2.45) is 10.2 Å². The molecule has 1 heterocycles. The Bertz CT molecular complexity index is 766. The van der Waals surface area contributed by atoms with Crippen molar-refractivity contribution in [2.45, 2.75) is 34.6 Å². The van der Waals surface area contributed by atoms with Crippen molar-refractivity contribution in [1.29, 1.82) is 0 Å². The first-order valence-electron chi connectivity index (χ1n) is 8.42. The van der Waals surface area contributed by atoms with Crippen LogP contribution in [0.4, 0.5) is 16.5 Å². The molecule has 7 heteroatoms. The molecular formula is C18H24N4O2S. The predicted molar refractivity (Wildman–Crippen MR) is 102 cm³/mol. The Kier molecular flexibility index (Phi) is 6.64. The van der Waals surface area contributed by atoms with E-state index in [-0.39, 0.29) is 5.97 Å². The van der Waals surface area contributed by atoms with Crippen LogP contribution in [0.5, 0.6) is 0 Å². The Morgan fingerprint density at radius 3 is 2.52 bits per heavy atom. The molecule has 0 aliphatic carbocycles. The third-order valence-electron chi connectivity index (χ3n) is 3.80. The van der Waals surface area contributed by atoms with Crippen molar-refractivity contribution in [2.75, 3.05) is 24.6 Å². The third-order valence-corrected chi connectivity index (χ3v) is 4.82. The van der Waals surface area contributed by atoms with Gasteiger partial charge in [0.2, 0.25) is 5.13 Å². The van der Waals surface area contributed by atoms with E-state index in [1.165, 1.54) is 17.0 Å². The molecular weight excluding hydrogens is 336 g/mol. The highest BCUT2D eigenvalue weighted by Crippen LogP contribution is 2.30. The maximum atomic E-state index is 11.8. The third kappa shape index (κ3) is 4.63. The van der Waals surface area contributed by atoms with Crippen LogP contribution in [0.1, 0.15) is 41.7 Å². The number of carbonyl (C=O) groups is 1. The summed E-state index contributed by atoms with van der Waals surface area (Å²) in [4.78, 5) is 18.9. The van der Waals surface area contributed by atoms with Gasteiger partial charge in [-0.2, -0.15) is 0 Å². The van der Waals surface area contributed by atoms with E-state index in [0.29, 0.717) is 22.3 Å². The second kappa shape index (κ2) is 8.71. The first kappa shape index (κ1) is 19.1. The van der Waals surface area contributed by atoms with E-state index in [9.17, 15) is 4.79 Å². The van der Waals surface area contributed by atoms with Gasteiger partial charge in [0.1, 0.15) is 4.88 Å². The fourth-order valence-corrected chi connectivity index (χ4v) is 3.23. The smallest absolute Gasteiger partial charge is 0.350 e. The van der Waals surface area contributed by atoms with E-state index in [4.69, 9.17) is 4.74 Å². The van der Waals surface area contributed by atoms with E-state index >= 15 is 0 Å². The van der Waals surface area contributed by atoms with E-state index in [1.807, 2.05) is 19.1 Å². The minimum absolute atomic E-state index is 0.338. The number of benzene rings is 1. The standard InChI is InChI=1S/C18H24N4O2S/c1-6-22(7-2)14-9-10-15(12(4)11-14)20-21-18-19-13(5)16(25-18)17(23)24-8-3/h9-11H,6-8H2,1-5H3. The van der Waals surface area contributed by atoms with Gasteiger partial charge >= 0.3 is 5.97 Å². The van der Waals surface area contributed by atoms with Crippen molar-refractivity contribution in [3.8, 4) is 0 Å². The Labute approximate surface area is 152 Å². The summed E-state index contributed by atoms with van der Waals surface area (Å²) in [7, 11) is 0. The summed E-state index contributed by atoms with van der Waals surface area (Å²) in [5.41, 5.74) is 3.63. The van der Waals surface area contributed by atoms with E-state index < -0.39 is 0 Å². The summed E-state index contributed by atoms with van der Waals surface area (Å²) in [6, 6.07) is 6.11. The number of aromatic nitrogens is 1. The number of hydrogen-bond acceptors (Lipinski definition) is 7. The number of rotatable bonds is 7. The maximum Gasteiger partial charge on any atom is 0.350 e. The molecule has 0 saturated heterocycles. The largest absolute Gasteiger partial charge is 0.462 e. The van der Waals surface area contributed by atoms with Crippen molar-refractivity contribution < 1.29 is 9.53 Å². The predicted octanol–water partition coefficient (Wildman–Crippen LogP) is 5.20. The minimum atomic E-state index is -0.362.